The van der Waals surface area contributed by atoms with Crippen LogP contribution in [0.15, 0.2) is 71.4 Å². The lowest BCUT2D eigenvalue weighted by Crippen LogP contribution is -2.07. The van der Waals surface area contributed by atoms with Gasteiger partial charge in [-0.3, -0.25) is 9.78 Å². The second-order valence-electron chi connectivity index (χ2n) is 6.60. The number of ether oxygens (including phenoxy) is 2. The summed E-state index contributed by atoms with van der Waals surface area (Å²) < 4.78 is 16.7. The third-order valence-corrected chi connectivity index (χ3v) is 4.50. The topological polar surface area (TPSA) is 86.5 Å². The molecule has 0 saturated carbocycles. The average molecular weight is 415 g/mol. The molecule has 4 aromatic rings. The Hall–Kier alpha value is -4.13. The van der Waals surface area contributed by atoms with Crippen LogP contribution in [0.2, 0.25) is 0 Å². The Morgan fingerprint density at radius 3 is 2.71 bits per heavy atom. The van der Waals surface area contributed by atoms with Gasteiger partial charge in [0.05, 0.1) is 13.7 Å². The van der Waals surface area contributed by atoms with Gasteiger partial charge in [0, 0.05) is 35.8 Å². The number of anilines is 1. The number of nitrogens with zero attached hydrogens (tertiary/aromatic N) is 2. The van der Waals surface area contributed by atoms with Gasteiger partial charge >= 0.3 is 0 Å². The third-order valence-electron chi connectivity index (χ3n) is 4.50. The highest BCUT2D eigenvalue weighted by atomic mass is 16.5. The standard InChI is InChI=1S/C24H21N3O4/c1-3-30-20-8-4-16(14-22(20)29-2)5-9-23(28)26-18-6-7-19-21(15-18)31-24(27-19)17-10-12-25-13-11-17/h4-15H,3H2,1-2H3,(H,26,28)/b9-5+. The van der Waals surface area contributed by atoms with E-state index in [1.54, 1.807) is 43.8 Å². The lowest BCUT2D eigenvalue weighted by molar-refractivity contribution is -0.111. The molecule has 7 nitrogen and oxygen atoms in total. The SMILES string of the molecule is CCOc1ccc(/C=C/C(=O)Nc2ccc3nc(-c4ccncc4)oc3c2)cc1OC. The Bertz CT molecular complexity index is 1230. The van der Waals surface area contributed by atoms with E-state index in [0.717, 1.165) is 11.1 Å². The van der Waals surface area contributed by atoms with Crippen molar-refractivity contribution >= 4 is 28.8 Å². The maximum absolute atomic E-state index is 12.4. The molecule has 1 N–H and O–H groups in total. The van der Waals surface area contributed by atoms with Crippen molar-refractivity contribution in [2.24, 2.45) is 0 Å². The second-order valence-corrected chi connectivity index (χ2v) is 6.60. The Morgan fingerprint density at radius 1 is 1.10 bits per heavy atom. The Labute approximate surface area is 179 Å². The largest absolute Gasteiger partial charge is 0.493 e. The number of aromatic nitrogens is 2. The fourth-order valence-electron chi connectivity index (χ4n) is 3.04. The lowest BCUT2D eigenvalue weighted by Gasteiger charge is -2.09. The molecule has 0 bridgehead atoms. The van der Waals surface area contributed by atoms with Crippen LogP contribution in [-0.4, -0.2) is 29.6 Å². The number of carbonyl (C=O) groups excluding carboxylic acids is 1. The minimum atomic E-state index is -0.263. The molecule has 4 rings (SSSR count). The van der Waals surface area contributed by atoms with Gasteiger partial charge in [0.1, 0.15) is 5.52 Å². The first kappa shape index (κ1) is 20.2. The van der Waals surface area contributed by atoms with Crippen LogP contribution in [0.5, 0.6) is 11.5 Å². The van der Waals surface area contributed by atoms with Crippen LogP contribution in [0.3, 0.4) is 0 Å². The zero-order chi connectivity index (χ0) is 21.6. The number of amides is 1. The van der Waals surface area contributed by atoms with Crippen molar-refractivity contribution in [3.05, 3.63) is 72.6 Å². The van der Waals surface area contributed by atoms with Gasteiger partial charge in [-0.1, -0.05) is 6.07 Å². The molecule has 0 radical (unpaired) electrons. The van der Waals surface area contributed by atoms with E-state index < -0.39 is 0 Å². The number of benzene rings is 2. The quantitative estimate of drug-likeness (QED) is 0.430. The van der Waals surface area contributed by atoms with Crippen molar-refractivity contribution in [1.29, 1.82) is 0 Å². The molecule has 156 valence electrons. The second kappa shape index (κ2) is 9.13. The molecular weight excluding hydrogens is 394 g/mol. The van der Waals surface area contributed by atoms with Crippen molar-refractivity contribution in [2.75, 3.05) is 19.0 Å². The zero-order valence-corrected chi connectivity index (χ0v) is 17.2. The molecule has 31 heavy (non-hydrogen) atoms. The van der Waals surface area contributed by atoms with Crippen molar-refractivity contribution in [2.45, 2.75) is 6.92 Å². The molecular formula is C24H21N3O4. The van der Waals surface area contributed by atoms with E-state index in [9.17, 15) is 4.79 Å². The van der Waals surface area contributed by atoms with Crippen molar-refractivity contribution in [1.82, 2.24) is 9.97 Å². The fourth-order valence-corrected chi connectivity index (χ4v) is 3.04. The van der Waals surface area contributed by atoms with Gasteiger partial charge in [-0.05, 0) is 55.0 Å². The van der Waals surface area contributed by atoms with Crippen LogP contribution in [-0.2, 0) is 4.79 Å². The summed E-state index contributed by atoms with van der Waals surface area (Å²) in [7, 11) is 1.58. The average Bonchev–Trinajstić information content (AvgIpc) is 3.22. The fraction of sp³-hybridized carbons (Fsp3) is 0.125. The summed E-state index contributed by atoms with van der Waals surface area (Å²) in [4.78, 5) is 20.8. The van der Waals surface area contributed by atoms with Gasteiger partial charge in [-0.15, -0.1) is 0 Å². The van der Waals surface area contributed by atoms with Gasteiger partial charge in [0.2, 0.25) is 11.8 Å². The van der Waals surface area contributed by atoms with Crippen LogP contribution in [0.25, 0.3) is 28.6 Å². The van der Waals surface area contributed by atoms with E-state index in [1.165, 1.54) is 6.08 Å². The maximum Gasteiger partial charge on any atom is 0.248 e. The molecule has 0 aliphatic heterocycles. The van der Waals surface area contributed by atoms with Crippen LogP contribution in [0.4, 0.5) is 5.69 Å². The van der Waals surface area contributed by atoms with E-state index in [4.69, 9.17) is 13.9 Å². The number of nitrogens with one attached hydrogen (secondary N) is 1. The van der Waals surface area contributed by atoms with E-state index in [-0.39, 0.29) is 5.91 Å². The van der Waals surface area contributed by atoms with E-state index in [2.05, 4.69) is 15.3 Å². The number of hydrogen-bond donors (Lipinski definition) is 1. The normalized spacial score (nSPS) is 11.0. The summed E-state index contributed by atoms with van der Waals surface area (Å²) in [5.74, 6) is 1.52. The molecule has 0 unspecified atom stereocenters. The molecule has 7 heteroatoms. The molecule has 0 aliphatic carbocycles. The highest BCUT2D eigenvalue weighted by Crippen LogP contribution is 2.29. The van der Waals surface area contributed by atoms with E-state index in [0.29, 0.717) is 40.8 Å². The number of fused-ring (bicyclic) bond motifs is 1. The van der Waals surface area contributed by atoms with Crippen LogP contribution in [0, 0.1) is 0 Å². The molecule has 1 amide bonds. The molecule has 2 aromatic heterocycles. The van der Waals surface area contributed by atoms with Crippen LogP contribution < -0.4 is 14.8 Å². The van der Waals surface area contributed by atoms with E-state index in [1.807, 2.05) is 37.3 Å². The summed E-state index contributed by atoms with van der Waals surface area (Å²) in [5, 5.41) is 2.83. The Morgan fingerprint density at radius 2 is 1.94 bits per heavy atom. The highest BCUT2D eigenvalue weighted by molar-refractivity contribution is 6.02. The smallest absolute Gasteiger partial charge is 0.248 e. The van der Waals surface area contributed by atoms with Crippen LogP contribution >= 0.6 is 0 Å². The molecule has 0 aliphatic rings. The summed E-state index contributed by atoms with van der Waals surface area (Å²) in [6, 6.07) is 14.5. The van der Waals surface area contributed by atoms with Gasteiger partial charge in [-0.2, -0.15) is 0 Å². The molecule has 0 atom stereocenters. The minimum Gasteiger partial charge on any atom is -0.493 e. The van der Waals surface area contributed by atoms with Crippen molar-refractivity contribution in [3.8, 4) is 23.0 Å². The van der Waals surface area contributed by atoms with Crippen LogP contribution in [0.1, 0.15) is 12.5 Å². The predicted octanol–water partition coefficient (Wildman–Crippen LogP) is 4.95. The zero-order valence-electron chi connectivity index (χ0n) is 17.2. The molecule has 0 spiro atoms. The Balaban J connectivity index is 1.47. The summed E-state index contributed by atoms with van der Waals surface area (Å²) in [5.41, 5.74) is 3.57. The third kappa shape index (κ3) is 4.72. The van der Waals surface area contributed by atoms with Crippen molar-refractivity contribution < 1.29 is 18.7 Å². The summed E-state index contributed by atoms with van der Waals surface area (Å²) in [6.45, 7) is 2.46. The molecule has 0 saturated heterocycles. The highest BCUT2D eigenvalue weighted by Gasteiger charge is 2.09. The predicted molar refractivity (Wildman–Crippen MR) is 119 cm³/mol. The number of pyridine rings is 1. The molecule has 2 aromatic carbocycles. The first-order valence-electron chi connectivity index (χ1n) is 9.77. The summed E-state index contributed by atoms with van der Waals surface area (Å²) >= 11 is 0. The van der Waals surface area contributed by atoms with Gasteiger partial charge < -0.3 is 19.2 Å². The monoisotopic (exact) mass is 415 g/mol. The van der Waals surface area contributed by atoms with E-state index >= 15 is 0 Å². The van der Waals surface area contributed by atoms with Crippen molar-refractivity contribution in [3.63, 3.8) is 0 Å². The number of oxazole rings is 1. The molecule has 0 fully saturated rings. The summed E-state index contributed by atoms with van der Waals surface area (Å²) in [6.07, 6.45) is 6.54. The Kier molecular flexibility index (Phi) is 5.93. The van der Waals surface area contributed by atoms with Gasteiger partial charge in [0.25, 0.3) is 0 Å². The number of carbonyl (C=O) groups is 1. The number of hydrogen-bond acceptors (Lipinski definition) is 6. The number of rotatable bonds is 7. The van der Waals surface area contributed by atoms with Gasteiger partial charge in [0.15, 0.2) is 17.1 Å². The first-order chi connectivity index (χ1) is 15.2. The number of methoxy groups -OCH3 is 1. The lowest BCUT2D eigenvalue weighted by atomic mass is 10.2. The minimum absolute atomic E-state index is 0.263. The van der Waals surface area contributed by atoms with Gasteiger partial charge in [-0.25, -0.2) is 4.98 Å². The maximum atomic E-state index is 12.4. The first-order valence-corrected chi connectivity index (χ1v) is 9.77. The molecule has 2 heterocycles.